The summed E-state index contributed by atoms with van der Waals surface area (Å²) in [5.74, 6) is 0.701. The van der Waals surface area contributed by atoms with Crippen molar-refractivity contribution in [2.24, 2.45) is 0 Å². The summed E-state index contributed by atoms with van der Waals surface area (Å²) in [5.41, 5.74) is 1.55. The van der Waals surface area contributed by atoms with Gasteiger partial charge in [-0.05, 0) is 31.0 Å². The quantitative estimate of drug-likeness (QED) is 0.785. The van der Waals surface area contributed by atoms with Gasteiger partial charge in [-0.1, -0.05) is 31.4 Å². The van der Waals surface area contributed by atoms with E-state index in [-0.39, 0.29) is 0 Å². The number of rotatable bonds is 5. The molecule has 1 aliphatic rings. The van der Waals surface area contributed by atoms with E-state index in [1.807, 2.05) is 18.2 Å². The van der Waals surface area contributed by atoms with Gasteiger partial charge < -0.3 is 4.74 Å². The molecule has 0 spiro atoms. The molecule has 1 heterocycles. The SMILES string of the molecule is O=Cc1cccc(OCc2ccn(C3CCCCC3)n2)c1. The van der Waals surface area contributed by atoms with Crippen LogP contribution in [0.25, 0.3) is 0 Å². The van der Waals surface area contributed by atoms with Crippen LogP contribution < -0.4 is 4.74 Å². The second kappa shape index (κ2) is 6.57. The van der Waals surface area contributed by atoms with Crippen LogP contribution in [-0.4, -0.2) is 16.1 Å². The van der Waals surface area contributed by atoms with E-state index in [1.54, 1.807) is 12.1 Å². The van der Waals surface area contributed by atoms with Crippen molar-refractivity contribution in [3.63, 3.8) is 0 Å². The number of hydrogen-bond acceptors (Lipinski definition) is 3. The van der Waals surface area contributed by atoms with Crippen LogP contribution >= 0.6 is 0 Å². The maximum atomic E-state index is 10.7. The minimum absolute atomic E-state index is 0.433. The Bertz CT molecular complexity index is 600. The van der Waals surface area contributed by atoms with Crippen molar-refractivity contribution in [2.45, 2.75) is 44.8 Å². The first-order valence-corrected chi connectivity index (χ1v) is 7.57. The molecule has 21 heavy (non-hydrogen) atoms. The highest BCUT2D eigenvalue weighted by Crippen LogP contribution is 2.27. The summed E-state index contributed by atoms with van der Waals surface area (Å²) >= 11 is 0. The summed E-state index contributed by atoms with van der Waals surface area (Å²) in [5, 5.41) is 4.61. The second-order valence-corrected chi connectivity index (χ2v) is 5.56. The van der Waals surface area contributed by atoms with E-state index in [1.165, 1.54) is 32.1 Å². The van der Waals surface area contributed by atoms with Crippen molar-refractivity contribution in [1.29, 1.82) is 0 Å². The fourth-order valence-electron chi connectivity index (χ4n) is 2.84. The lowest BCUT2D eigenvalue weighted by molar-refractivity contribution is 0.112. The standard InChI is InChI=1S/C17H20N2O2/c20-12-14-5-4-8-17(11-14)21-13-15-9-10-19(18-15)16-6-2-1-3-7-16/h4-5,8-12,16H,1-3,6-7,13H2. The van der Waals surface area contributed by atoms with Gasteiger partial charge in [-0.15, -0.1) is 0 Å². The van der Waals surface area contributed by atoms with E-state index in [0.29, 0.717) is 24.0 Å². The van der Waals surface area contributed by atoms with E-state index < -0.39 is 0 Å². The molecule has 2 aromatic rings. The molecule has 1 fully saturated rings. The van der Waals surface area contributed by atoms with Gasteiger partial charge in [0.05, 0.1) is 11.7 Å². The molecule has 0 saturated heterocycles. The molecule has 0 bridgehead atoms. The highest BCUT2D eigenvalue weighted by Gasteiger charge is 2.16. The maximum Gasteiger partial charge on any atom is 0.150 e. The number of carbonyl (C=O) groups excluding carboxylic acids is 1. The summed E-state index contributed by atoms with van der Waals surface area (Å²) in [6.45, 7) is 0.433. The molecule has 4 nitrogen and oxygen atoms in total. The Hall–Kier alpha value is -2.10. The molecule has 0 N–H and O–H groups in total. The first kappa shape index (κ1) is 13.9. The summed E-state index contributed by atoms with van der Waals surface area (Å²) in [7, 11) is 0. The van der Waals surface area contributed by atoms with Gasteiger partial charge in [0, 0.05) is 11.8 Å². The number of hydrogen-bond donors (Lipinski definition) is 0. The Morgan fingerprint density at radius 1 is 1.24 bits per heavy atom. The van der Waals surface area contributed by atoms with Gasteiger partial charge >= 0.3 is 0 Å². The van der Waals surface area contributed by atoms with Gasteiger partial charge in [0.15, 0.2) is 0 Å². The molecule has 1 saturated carbocycles. The average molecular weight is 284 g/mol. The zero-order chi connectivity index (χ0) is 14.5. The Morgan fingerprint density at radius 2 is 2.10 bits per heavy atom. The van der Waals surface area contributed by atoms with Gasteiger partial charge in [0.2, 0.25) is 0 Å². The Balaban J connectivity index is 1.60. The fraction of sp³-hybridized carbons (Fsp3) is 0.412. The van der Waals surface area contributed by atoms with Gasteiger partial charge in [0.25, 0.3) is 0 Å². The van der Waals surface area contributed by atoms with E-state index in [0.717, 1.165) is 12.0 Å². The number of carbonyl (C=O) groups is 1. The summed E-state index contributed by atoms with van der Waals surface area (Å²) < 4.78 is 7.78. The highest BCUT2D eigenvalue weighted by atomic mass is 16.5. The lowest BCUT2D eigenvalue weighted by Gasteiger charge is -2.21. The van der Waals surface area contributed by atoms with Crippen LogP contribution in [0.4, 0.5) is 0 Å². The second-order valence-electron chi connectivity index (χ2n) is 5.56. The Kier molecular flexibility index (Phi) is 4.34. The van der Waals surface area contributed by atoms with E-state index in [4.69, 9.17) is 4.74 Å². The molecule has 1 aliphatic carbocycles. The largest absolute Gasteiger partial charge is 0.487 e. The Labute approximate surface area is 124 Å². The molecule has 1 aromatic carbocycles. The number of aldehydes is 1. The van der Waals surface area contributed by atoms with Crippen molar-refractivity contribution in [3.8, 4) is 5.75 Å². The van der Waals surface area contributed by atoms with E-state index in [2.05, 4.69) is 16.0 Å². The highest BCUT2D eigenvalue weighted by molar-refractivity contribution is 5.75. The van der Waals surface area contributed by atoms with Crippen LogP contribution in [-0.2, 0) is 6.61 Å². The number of ether oxygens (including phenoxy) is 1. The lowest BCUT2D eigenvalue weighted by atomic mass is 9.96. The van der Waals surface area contributed by atoms with Gasteiger partial charge in [-0.3, -0.25) is 9.48 Å². The summed E-state index contributed by atoms with van der Waals surface area (Å²) in [6.07, 6.45) is 9.28. The van der Waals surface area contributed by atoms with Crippen molar-refractivity contribution >= 4 is 6.29 Å². The molecule has 0 amide bonds. The van der Waals surface area contributed by atoms with Crippen molar-refractivity contribution in [1.82, 2.24) is 9.78 Å². The topological polar surface area (TPSA) is 44.1 Å². The molecule has 0 radical (unpaired) electrons. The fourth-order valence-corrected chi connectivity index (χ4v) is 2.84. The predicted octanol–water partition coefficient (Wildman–Crippen LogP) is 3.78. The van der Waals surface area contributed by atoms with Gasteiger partial charge in [-0.2, -0.15) is 5.10 Å². The number of aromatic nitrogens is 2. The van der Waals surface area contributed by atoms with E-state index >= 15 is 0 Å². The van der Waals surface area contributed by atoms with Crippen molar-refractivity contribution < 1.29 is 9.53 Å². The van der Waals surface area contributed by atoms with Crippen LogP contribution in [0.15, 0.2) is 36.5 Å². The predicted molar refractivity (Wildman–Crippen MR) is 80.5 cm³/mol. The molecule has 1 aromatic heterocycles. The first-order valence-electron chi connectivity index (χ1n) is 7.57. The van der Waals surface area contributed by atoms with Crippen LogP contribution in [0.3, 0.4) is 0 Å². The number of benzene rings is 1. The van der Waals surface area contributed by atoms with Crippen LogP contribution in [0.2, 0.25) is 0 Å². The molecule has 0 aliphatic heterocycles. The normalized spacial score (nSPS) is 15.8. The van der Waals surface area contributed by atoms with Crippen LogP contribution in [0, 0.1) is 0 Å². The summed E-state index contributed by atoms with van der Waals surface area (Å²) in [6, 6.07) is 9.73. The molecule has 4 heteroatoms. The minimum atomic E-state index is 0.433. The lowest BCUT2D eigenvalue weighted by Crippen LogP contribution is -2.13. The van der Waals surface area contributed by atoms with E-state index in [9.17, 15) is 4.79 Å². The smallest absolute Gasteiger partial charge is 0.150 e. The third kappa shape index (κ3) is 3.51. The molecule has 110 valence electrons. The monoisotopic (exact) mass is 284 g/mol. The molecule has 0 unspecified atom stereocenters. The van der Waals surface area contributed by atoms with Gasteiger partial charge in [0.1, 0.15) is 18.6 Å². The minimum Gasteiger partial charge on any atom is -0.487 e. The third-order valence-corrected chi connectivity index (χ3v) is 3.99. The molecule has 3 rings (SSSR count). The zero-order valence-corrected chi connectivity index (χ0v) is 12.1. The average Bonchev–Trinajstić information content (AvgIpc) is 3.03. The molecular weight excluding hydrogens is 264 g/mol. The maximum absolute atomic E-state index is 10.7. The first-order chi connectivity index (χ1) is 10.3. The third-order valence-electron chi connectivity index (χ3n) is 3.99. The van der Waals surface area contributed by atoms with Crippen molar-refractivity contribution in [3.05, 3.63) is 47.8 Å². The molecule has 0 atom stereocenters. The van der Waals surface area contributed by atoms with Gasteiger partial charge in [-0.25, -0.2) is 0 Å². The zero-order valence-electron chi connectivity index (χ0n) is 12.1. The van der Waals surface area contributed by atoms with Crippen LogP contribution in [0.5, 0.6) is 5.75 Å². The number of nitrogens with zero attached hydrogens (tertiary/aromatic N) is 2. The van der Waals surface area contributed by atoms with Crippen LogP contribution in [0.1, 0.15) is 54.2 Å². The Morgan fingerprint density at radius 3 is 2.90 bits per heavy atom. The summed E-state index contributed by atoms with van der Waals surface area (Å²) in [4.78, 5) is 10.7. The van der Waals surface area contributed by atoms with Crippen molar-refractivity contribution in [2.75, 3.05) is 0 Å². The molecular formula is C17H20N2O2.